The summed E-state index contributed by atoms with van der Waals surface area (Å²) in [4.78, 5) is 12.9. The number of nitrogens with two attached hydrogens (primary N) is 1. The van der Waals surface area contributed by atoms with E-state index < -0.39 is 0 Å². The molecule has 3 N–H and O–H groups in total. The topological polar surface area (TPSA) is 55.1 Å². The Hall–Kier alpha value is -0.480. The molecule has 0 spiro atoms. The van der Waals surface area contributed by atoms with Gasteiger partial charge in [0.15, 0.2) is 0 Å². The molecule has 1 aliphatic carbocycles. The predicted molar refractivity (Wildman–Crippen MR) is 53.7 cm³/mol. The first kappa shape index (κ1) is 9.09. The van der Waals surface area contributed by atoms with Crippen molar-refractivity contribution in [1.82, 2.24) is 5.43 Å². The number of fused-ring (bicyclic) bond motifs is 1. The average Bonchev–Trinajstić information content (AvgIpc) is 2.63. The van der Waals surface area contributed by atoms with E-state index >= 15 is 0 Å². The van der Waals surface area contributed by atoms with Crippen LogP contribution < -0.4 is 11.3 Å². The normalized spacial score (nSPS) is 32.2. The molecule has 1 amide bonds. The first-order chi connectivity index (χ1) is 6.33. The Balaban J connectivity index is 2.13. The van der Waals surface area contributed by atoms with Crippen molar-refractivity contribution in [2.45, 2.75) is 19.3 Å². The van der Waals surface area contributed by atoms with E-state index in [0.717, 1.165) is 25.0 Å². The van der Waals surface area contributed by atoms with Gasteiger partial charge in [-0.1, -0.05) is 6.08 Å². The van der Waals surface area contributed by atoms with Gasteiger partial charge >= 0.3 is 0 Å². The van der Waals surface area contributed by atoms with Gasteiger partial charge in [-0.3, -0.25) is 10.2 Å². The molecule has 0 aromatic carbocycles. The van der Waals surface area contributed by atoms with E-state index in [9.17, 15) is 4.79 Å². The van der Waals surface area contributed by atoms with Crippen LogP contribution in [0.3, 0.4) is 0 Å². The fourth-order valence-electron chi connectivity index (χ4n) is 2.19. The molecule has 1 heterocycles. The Morgan fingerprint density at radius 3 is 3.23 bits per heavy atom. The van der Waals surface area contributed by atoms with Crippen LogP contribution in [0.5, 0.6) is 0 Å². The second-order valence-corrected chi connectivity index (χ2v) is 4.71. The fraction of sp³-hybridized carbons (Fsp3) is 0.667. The van der Waals surface area contributed by atoms with E-state index in [1.807, 2.05) is 11.8 Å². The predicted octanol–water partition coefficient (Wildman–Crippen LogP) is 1.02. The van der Waals surface area contributed by atoms with Crippen molar-refractivity contribution in [3.8, 4) is 0 Å². The van der Waals surface area contributed by atoms with Crippen LogP contribution in [0.15, 0.2) is 11.0 Å². The zero-order valence-electron chi connectivity index (χ0n) is 7.45. The van der Waals surface area contributed by atoms with E-state index in [-0.39, 0.29) is 11.8 Å². The van der Waals surface area contributed by atoms with E-state index in [1.54, 1.807) is 0 Å². The van der Waals surface area contributed by atoms with Gasteiger partial charge in [0, 0.05) is 11.8 Å². The molecular formula is C9H14N2OS. The van der Waals surface area contributed by atoms with Gasteiger partial charge in [0.05, 0.1) is 0 Å². The van der Waals surface area contributed by atoms with Crippen LogP contribution in [-0.2, 0) is 4.79 Å². The highest BCUT2D eigenvalue weighted by atomic mass is 32.2. The second kappa shape index (κ2) is 3.72. The van der Waals surface area contributed by atoms with Crippen LogP contribution in [-0.4, -0.2) is 11.7 Å². The molecule has 3 nitrogen and oxygen atoms in total. The molecule has 0 radical (unpaired) electrons. The highest BCUT2D eigenvalue weighted by Crippen LogP contribution is 2.45. The van der Waals surface area contributed by atoms with Crippen LogP contribution in [0.1, 0.15) is 19.3 Å². The largest absolute Gasteiger partial charge is 0.294 e. The number of nitrogens with one attached hydrogen (secondary N) is 1. The minimum absolute atomic E-state index is 0.0121. The number of hydrogen-bond acceptors (Lipinski definition) is 3. The third kappa shape index (κ3) is 1.60. The highest BCUT2D eigenvalue weighted by Gasteiger charge is 2.35. The summed E-state index contributed by atoms with van der Waals surface area (Å²) in [5.41, 5.74) is 2.27. The van der Waals surface area contributed by atoms with Gasteiger partial charge in [-0.2, -0.15) is 0 Å². The molecule has 13 heavy (non-hydrogen) atoms. The molecule has 2 rings (SSSR count). The van der Waals surface area contributed by atoms with Crippen molar-refractivity contribution in [3.63, 3.8) is 0 Å². The van der Waals surface area contributed by atoms with Crippen LogP contribution >= 0.6 is 11.8 Å². The summed E-state index contributed by atoms with van der Waals surface area (Å²) in [5, 5.41) is 0. The molecule has 0 aromatic heterocycles. The van der Waals surface area contributed by atoms with Crippen LogP contribution in [0.25, 0.3) is 0 Å². The number of rotatable bonds is 1. The summed E-state index contributed by atoms with van der Waals surface area (Å²) >= 11 is 1.90. The standard InChI is InChI=1S/C9H14N2OS/c10-11-9(12)7-2-1-3-8-6(7)4-5-13-8/h3,6-7H,1-2,4-5,10H2,(H,11,12). The Morgan fingerprint density at radius 1 is 1.62 bits per heavy atom. The first-order valence-electron chi connectivity index (χ1n) is 4.66. The summed E-state index contributed by atoms with van der Waals surface area (Å²) in [6.07, 6.45) is 5.39. The Labute approximate surface area is 82.1 Å². The smallest absolute Gasteiger partial charge is 0.237 e. The molecule has 0 saturated carbocycles. The SMILES string of the molecule is NNC(=O)C1CCC=C2SCCC21. The lowest BCUT2D eigenvalue weighted by molar-refractivity contribution is -0.126. The van der Waals surface area contributed by atoms with Crippen LogP contribution in [0.4, 0.5) is 0 Å². The maximum absolute atomic E-state index is 11.4. The van der Waals surface area contributed by atoms with Crippen molar-refractivity contribution in [1.29, 1.82) is 0 Å². The highest BCUT2D eigenvalue weighted by molar-refractivity contribution is 8.03. The number of amides is 1. The molecule has 1 fully saturated rings. The molecule has 2 unspecified atom stereocenters. The maximum atomic E-state index is 11.4. The molecule has 1 aliphatic heterocycles. The van der Waals surface area contributed by atoms with Gasteiger partial charge in [0.25, 0.3) is 0 Å². The monoisotopic (exact) mass is 198 g/mol. The molecular weight excluding hydrogens is 184 g/mol. The van der Waals surface area contributed by atoms with Gasteiger partial charge in [-0.15, -0.1) is 11.8 Å². The van der Waals surface area contributed by atoms with Crippen molar-refractivity contribution in [2.24, 2.45) is 17.7 Å². The Morgan fingerprint density at radius 2 is 2.46 bits per heavy atom. The van der Waals surface area contributed by atoms with E-state index in [1.165, 1.54) is 4.91 Å². The third-order valence-corrected chi connectivity index (χ3v) is 4.09. The Bertz CT molecular complexity index is 252. The molecule has 4 heteroatoms. The minimum Gasteiger partial charge on any atom is -0.294 e. The lowest BCUT2D eigenvalue weighted by Gasteiger charge is -2.25. The van der Waals surface area contributed by atoms with Gasteiger partial charge in [0.2, 0.25) is 5.91 Å². The molecule has 1 saturated heterocycles. The quantitative estimate of drug-likeness (QED) is 0.376. The van der Waals surface area contributed by atoms with Crippen molar-refractivity contribution < 1.29 is 4.79 Å². The average molecular weight is 198 g/mol. The lowest BCUT2D eigenvalue weighted by Crippen LogP contribution is -2.39. The van der Waals surface area contributed by atoms with E-state index in [2.05, 4.69) is 11.5 Å². The van der Waals surface area contributed by atoms with E-state index in [4.69, 9.17) is 5.84 Å². The summed E-state index contributed by atoms with van der Waals surface area (Å²) < 4.78 is 0. The summed E-state index contributed by atoms with van der Waals surface area (Å²) in [5.74, 6) is 6.92. The van der Waals surface area contributed by atoms with E-state index in [0.29, 0.717) is 5.92 Å². The molecule has 2 aliphatic rings. The number of hydrogen-bond donors (Lipinski definition) is 2. The van der Waals surface area contributed by atoms with Crippen molar-refractivity contribution in [2.75, 3.05) is 5.75 Å². The minimum atomic E-state index is 0.0121. The van der Waals surface area contributed by atoms with Gasteiger partial charge in [0.1, 0.15) is 0 Å². The molecule has 0 bridgehead atoms. The maximum Gasteiger partial charge on any atom is 0.237 e. The van der Waals surface area contributed by atoms with Crippen molar-refractivity contribution in [3.05, 3.63) is 11.0 Å². The summed E-state index contributed by atoms with van der Waals surface area (Å²) in [7, 11) is 0. The number of carbonyl (C=O) groups is 1. The van der Waals surface area contributed by atoms with Gasteiger partial charge in [-0.05, 0) is 29.9 Å². The Kier molecular flexibility index (Phi) is 2.60. The lowest BCUT2D eigenvalue weighted by atomic mass is 9.82. The number of hydrazine groups is 1. The fourth-order valence-corrected chi connectivity index (χ4v) is 3.53. The second-order valence-electron chi connectivity index (χ2n) is 3.54. The number of thioether (sulfide) groups is 1. The van der Waals surface area contributed by atoms with Crippen LogP contribution in [0.2, 0.25) is 0 Å². The summed E-state index contributed by atoms with van der Waals surface area (Å²) in [6, 6.07) is 0. The molecule has 0 aromatic rings. The zero-order valence-corrected chi connectivity index (χ0v) is 8.27. The van der Waals surface area contributed by atoms with Crippen molar-refractivity contribution >= 4 is 17.7 Å². The van der Waals surface area contributed by atoms with Crippen LogP contribution in [0, 0.1) is 11.8 Å². The molecule has 72 valence electrons. The first-order valence-corrected chi connectivity index (χ1v) is 5.65. The summed E-state index contributed by atoms with van der Waals surface area (Å²) in [6.45, 7) is 0. The number of carbonyl (C=O) groups excluding carboxylic acids is 1. The zero-order chi connectivity index (χ0) is 9.26. The van der Waals surface area contributed by atoms with Gasteiger partial charge < -0.3 is 0 Å². The van der Waals surface area contributed by atoms with Gasteiger partial charge in [-0.25, -0.2) is 5.84 Å². The molecule has 2 atom stereocenters. The number of allylic oxidation sites excluding steroid dienone is 2. The third-order valence-electron chi connectivity index (χ3n) is 2.85.